The summed E-state index contributed by atoms with van der Waals surface area (Å²) in [6.45, 7) is 3.24. The predicted molar refractivity (Wildman–Crippen MR) is 70.1 cm³/mol. The molecule has 0 radical (unpaired) electrons. The smallest absolute Gasteiger partial charge is 0.338 e. The Bertz CT molecular complexity index is 448. The normalized spacial score (nSPS) is 15.9. The maximum absolute atomic E-state index is 13.7. The van der Waals surface area contributed by atoms with Gasteiger partial charge in [-0.25, -0.2) is 9.18 Å². The molecule has 0 amide bonds. The van der Waals surface area contributed by atoms with Crippen LogP contribution in [0.2, 0.25) is 0 Å². The van der Waals surface area contributed by atoms with Gasteiger partial charge in [-0.1, -0.05) is 18.2 Å². The highest BCUT2D eigenvalue weighted by Crippen LogP contribution is 2.23. The fourth-order valence-corrected chi connectivity index (χ4v) is 1.96. The van der Waals surface area contributed by atoms with Gasteiger partial charge in [0.1, 0.15) is 5.82 Å². The highest BCUT2D eigenvalue weighted by atomic mass is 19.1. The zero-order chi connectivity index (χ0) is 14.6. The third kappa shape index (κ3) is 3.75. The van der Waals surface area contributed by atoms with E-state index >= 15 is 0 Å². The molecule has 0 aliphatic heterocycles. The van der Waals surface area contributed by atoms with Crippen molar-refractivity contribution < 1.29 is 19.0 Å². The topological polar surface area (TPSA) is 49.8 Å². The quantitative estimate of drug-likeness (QED) is 0.827. The van der Waals surface area contributed by atoms with Crippen molar-refractivity contribution in [3.05, 3.63) is 35.6 Å². The van der Waals surface area contributed by atoms with Crippen molar-refractivity contribution in [2.24, 2.45) is 0 Å². The maximum atomic E-state index is 13.7. The molecule has 5 heteroatoms. The van der Waals surface area contributed by atoms with Gasteiger partial charge in [-0.2, -0.15) is 0 Å². The van der Waals surface area contributed by atoms with Crippen molar-refractivity contribution in [2.45, 2.75) is 25.5 Å². The first kappa shape index (κ1) is 15.6. The molecule has 0 spiro atoms. The monoisotopic (exact) mass is 269 g/mol. The molecule has 0 aromatic heterocycles. The fraction of sp³-hybridized carbons (Fsp3) is 0.500. The summed E-state index contributed by atoms with van der Waals surface area (Å²) >= 11 is 0. The van der Waals surface area contributed by atoms with Crippen LogP contribution in [-0.4, -0.2) is 42.3 Å². The average Bonchev–Trinajstić information content (AvgIpc) is 2.36. The SMILES string of the molecule is COC(=O)C(C)(O)CN(C)C(C)c1ccccc1F. The number of aliphatic hydroxyl groups is 1. The molecule has 0 saturated heterocycles. The van der Waals surface area contributed by atoms with Crippen molar-refractivity contribution in [1.82, 2.24) is 4.90 Å². The zero-order valence-electron chi connectivity index (χ0n) is 11.7. The van der Waals surface area contributed by atoms with Gasteiger partial charge in [0.2, 0.25) is 0 Å². The molecule has 106 valence electrons. The molecule has 1 N–H and O–H groups in total. The second-order valence-corrected chi connectivity index (χ2v) is 4.88. The number of ether oxygens (including phenoxy) is 1. The number of benzene rings is 1. The standard InChI is InChI=1S/C14H20FNO3/c1-10(11-7-5-6-8-12(11)15)16(3)9-14(2,18)13(17)19-4/h5-8,10,18H,9H2,1-4H3. The third-order valence-corrected chi connectivity index (χ3v) is 3.20. The van der Waals surface area contributed by atoms with Crippen molar-refractivity contribution in [1.29, 1.82) is 0 Å². The Labute approximate surface area is 112 Å². The van der Waals surface area contributed by atoms with Crippen molar-refractivity contribution in [3.8, 4) is 0 Å². The zero-order valence-corrected chi connectivity index (χ0v) is 11.7. The van der Waals surface area contributed by atoms with E-state index < -0.39 is 11.6 Å². The number of likely N-dealkylation sites (N-methyl/N-ethyl adjacent to an activating group) is 1. The lowest BCUT2D eigenvalue weighted by molar-refractivity contribution is -0.162. The molecule has 0 heterocycles. The van der Waals surface area contributed by atoms with Crippen LogP contribution in [0.3, 0.4) is 0 Å². The maximum Gasteiger partial charge on any atom is 0.338 e. The number of rotatable bonds is 5. The summed E-state index contributed by atoms with van der Waals surface area (Å²) in [4.78, 5) is 13.1. The fourth-order valence-electron chi connectivity index (χ4n) is 1.96. The molecule has 0 fully saturated rings. The Balaban J connectivity index is 2.81. The second-order valence-electron chi connectivity index (χ2n) is 4.88. The Hall–Kier alpha value is -1.46. The minimum absolute atomic E-state index is 0.0508. The molecule has 19 heavy (non-hydrogen) atoms. The Morgan fingerprint density at radius 1 is 1.53 bits per heavy atom. The molecular weight excluding hydrogens is 249 g/mol. The van der Waals surface area contributed by atoms with Crippen molar-refractivity contribution >= 4 is 5.97 Å². The Morgan fingerprint density at radius 2 is 2.11 bits per heavy atom. The van der Waals surface area contributed by atoms with Crippen molar-refractivity contribution in [2.75, 3.05) is 20.7 Å². The first-order valence-corrected chi connectivity index (χ1v) is 6.05. The molecule has 0 bridgehead atoms. The van der Waals surface area contributed by atoms with Crippen LogP contribution in [0.4, 0.5) is 4.39 Å². The lowest BCUT2D eigenvalue weighted by Gasteiger charge is -2.31. The molecule has 0 saturated carbocycles. The van der Waals surface area contributed by atoms with Gasteiger partial charge < -0.3 is 9.84 Å². The van der Waals surface area contributed by atoms with Gasteiger partial charge in [0.15, 0.2) is 5.60 Å². The van der Waals surface area contributed by atoms with Crippen molar-refractivity contribution in [3.63, 3.8) is 0 Å². The number of hydrogen-bond acceptors (Lipinski definition) is 4. The van der Waals surface area contributed by atoms with Gasteiger partial charge in [-0.3, -0.25) is 4.90 Å². The van der Waals surface area contributed by atoms with Gasteiger partial charge in [0, 0.05) is 18.2 Å². The highest BCUT2D eigenvalue weighted by molar-refractivity contribution is 5.78. The van der Waals surface area contributed by atoms with Crippen LogP contribution in [0, 0.1) is 5.82 Å². The third-order valence-electron chi connectivity index (χ3n) is 3.20. The molecule has 1 aromatic rings. The first-order valence-electron chi connectivity index (χ1n) is 6.05. The summed E-state index contributed by atoms with van der Waals surface area (Å²) in [5.74, 6) is -1.01. The van der Waals surface area contributed by atoms with Crippen LogP contribution in [-0.2, 0) is 9.53 Å². The summed E-state index contributed by atoms with van der Waals surface area (Å²) in [7, 11) is 2.94. The lowest BCUT2D eigenvalue weighted by atomic mass is 10.0. The van der Waals surface area contributed by atoms with Crippen LogP contribution in [0.15, 0.2) is 24.3 Å². The van der Waals surface area contributed by atoms with Gasteiger partial charge in [-0.15, -0.1) is 0 Å². The van der Waals surface area contributed by atoms with E-state index in [1.165, 1.54) is 20.1 Å². The van der Waals surface area contributed by atoms with Crippen LogP contribution < -0.4 is 0 Å². The number of hydrogen-bond donors (Lipinski definition) is 1. The van der Waals surface area contributed by atoms with E-state index in [2.05, 4.69) is 4.74 Å². The molecule has 1 rings (SSSR count). The number of carbonyl (C=O) groups is 1. The van der Waals surface area contributed by atoms with E-state index in [0.717, 1.165) is 0 Å². The van der Waals surface area contributed by atoms with Gasteiger partial charge in [0.05, 0.1) is 7.11 Å². The minimum Gasteiger partial charge on any atom is -0.467 e. The molecule has 1 aromatic carbocycles. The van der Waals surface area contributed by atoms with E-state index in [-0.39, 0.29) is 18.4 Å². The van der Waals surface area contributed by atoms with Gasteiger partial charge in [0.25, 0.3) is 0 Å². The highest BCUT2D eigenvalue weighted by Gasteiger charge is 2.34. The Kier molecular flexibility index (Phi) is 5.03. The summed E-state index contributed by atoms with van der Waals surface area (Å²) in [5, 5.41) is 10.0. The van der Waals surface area contributed by atoms with Crippen LogP contribution in [0.5, 0.6) is 0 Å². The summed E-state index contributed by atoms with van der Waals surface area (Å²) < 4.78 is 18.2. The largest absolute Gasteiger partial charge is 0.467 e. The van der Waals surface area contributed by atoms with E-state index in [0.29, 0.717) is 5.56 Å². The lowest BCUT2D eigenvalue weighted by Crippen LogP contribution is -2.46. The van der Waals surface area contributed by atoms with Crippen LogP contribution in [0.25, 0.3) is 0 Å². The first-order chi connectivity index (χ1) is 8.79. The number of methoxy groups -OCH3 is 1. The summed E-state index contributed by atoms with van der Waals surface area (Å²) in [5.41, 5.74) is -1.10. The van der Waals surface area contributed by atoms with Crippen LogP contribution >= 0.6 is 0 Å². The molecule has 0 aliphatic carbocycles. The molecule has 4 nitrogen and oxygen atoms in total. The molecule has 2 atom stereocenters. The van der Waals surface area contributed by atoms with E-state index in [1.807, 2.05) is 6.92 Å². The van der Waals surface area contributed by atoms with E-state index in [1.54, 1.807) is 30.1 Å². The van der Waals surface area contributed by atoms with Gasteiger partial charge >= 0.3 is 5.97 Å². The summed E-state index contributed by atoms with van der Waals surface area (Å²) in [6.07, 6.45) is 0. The predicted octanol–water partition coefficient (Wildman–Crippen LogP) is 1.74. The second kappa shape index (κ2) is 6.12. The molecular formula is C14H20FNO3. The molecule has 2 unspecified atom stereocenters. The van der Waals surface area contributed by atoms with Crippen LogP contribution in [0.1, 0.15) is 25.5 Å². The average molecular weight is 269 g/mol. The molecule has 0 aliphatic rings. The summed E-state index contributed by atoms with van der Waals surface area (Å²) in [6, 6.07) is 6.18. The number of nitrogens with zero attached hydrogens (tertiary/aromatic N) is 1. The number of esters is 1. The minimum atomic E-state index is -1.62. The van der Waals surface area contributed by atoms with Gasteiger partial charge in [-0.05, 0) is 27.0 Å². The number of halogens is 1. The Morgan fingerprint density at radius 3 is 2.63 bits per heavy atom. The van der Waals surface area contributed by atoms with E-state index in [9.17, 15) is 14.3 Å². The number of carbonyl (C=O) groups excluding carboxylic acids is 1. The van der Waals surface area contributed by atoms with E-state index in [4.69, 9.17) is 0 Å².